The van der Waals surface area contributed by atoms with Crippen LogP contribution in [0.2, 0.25) is 0 Å². The molecule has 0 aliphatic rings. The minimum Gasteiger partial charge on any atom is -0.481 e. The van der Waals surface area contributed by atoms with Crippen molar-refractivity contribution in [3.63, 3.8) is 0 Å². The molecular weight excluding hydrogens is 174 g/mol. The fraction of sp³-hybridized carbons (Fsp3) is 0.0833. The smallest absolute Gasteiger partial charge is 0.213 e. The molecule has 0 saturated heterocycles. The van der Waals surface area contributed by atoms with Gasteiger partial charge in [0.25, 0.3) is 0 Å². The maximum Gasteiger partial charge on any atom is 0.213 e. The monoisotopic (exact) mass is 184 g/mol. The van der Waals surface area contributed by atoms with Gasteiger partial charge in [-0.1, -0.05) is 24.3 Å². The molecule has 0 N–H and O–H groups in total. The molecule has 2 nitrogen and oxygen atoms in total. The molecule has 2 rings (SSSR count). The van der Waals surface area contributed by atoms with Crippen molar-refractivity contribution >= 4 is 0 Å². The van der Waals surface area contributed by atoms with E-state index in [1.54, 1.807) is 13.3 Å². The van der Waals surface area contributed by atoms with E-state index >= 15 is 0 Å². The van der Waals surface area contributed by atoms with Crippen LogP contribution in [-0.4, -0.2) is 12.1 Å². The van der Waals surface area contributed by atoms with E-state index in [4.69, 9.17) is 4.74 Å². The second-order valence-corrected chi connectivity index (χ2v) is 2.88. The largest absolute Gasteiger partial charge is 0.481 e. The van der Waals surface area contributed by atoms with Crippen LogP contribution < -0.4 is 4.74 Å². The number of ether oxygens (including phenoxy) is 1. The summed E-state index contributed by atoms with van der Waals surface area (Å²) < 4.78 is 5.06. The molecule has 0 amide bonds. The van der Waals surface area contributed by atoms with Crippen LogP contribution in [0.15, 0.2) is 42.6 Å². The predicted molar refractivity (Wildman–Crippen MR) is 55.1 cm³/mol. The van der Waals surface area contributed by atoms with E-state index in [1.165, 1.54) is 0 Å². The summed E-state index contributed by atoms with van der Waals surface area (Å²) in [6.07, 6.45) is 1.74. The topological polar surface area (TPSA) is 22.1 Å². The molecule has 14 heavy (non-hydrogen) atoms. The number of methoxy groups -OCH3 is 1. The van der Waals surface area contributed by atoms with Crippen molar-refractivity contribution in [2.45, 2.75) is 0 Å². The Morgan fingerprint density at radius 3 is 2.64 bits per heavy atom. The highest BCUT2D eigenvalue weighted by Gasteiger charge is 1.98. The molecule has 1 heterocycles. The minimum absolute atomic E-state index is 0.635. The summed E-state index contributed by atoms with van der Waals surface area (Å²) in [6, 6.07) is 14.7. The van der Waals surface area contributed by atoms with E-state index in [0.29, 0.717) is 5.88 Å². The number of aromatic nitrogens is 1. The van der Waals surface area contributed by atoms with Crippen LogP contribution in [0.4, 0.5) is 0 Å². The average Bonchev–Trinajstić information content (AvgIpc) is 2.30. The Balaban J connectivity index is 2.42. The zero-order chi connectivity index (χ0) is 9.80. The Morgan fingerprint density at radius 2 is 1.93 bits per heavy atom. The van der Waals surface area contributed by atoms with Gasteiger partial charge in [-0.15, -0.1) is 0 Å². The lowest BCUT2D eigenvalue weighted by molar-refractivity contribution is 0.398. The van der Waals surface area contributed by atoms with Gasteiger partial charge < -0.3 is 4.74 Å². The molecule has 0 fully saturated rings. The maximum absolute atomic E-state index is 5.06. The van der Waals surface area contributed by atoms with Crippen molar-refractivity contribution in [3.8, 4) is 17.0 Å². The summed E-state index contributed by atoms with van der Waals surface area (Å²) in [4.78, 5) is 4.05. The fourth-order valence-electron chi connectivity index (χ4n) is 1.28. The van der Waals surface area contributed by atoms with E-state index in [-0.39, 0.29) is 0 Å². The summed E-state index contributed by atoms with van der Waals surface area (Å²) in [5, 5.41) is 0. The van der Waals surface area contributed by atoms with Crippen LogP contribution in [0.3, 0.4) is 0 Å². The van der Waals surface area contributed by atoms with Crippen molar-refractivity contribution in [3.05, 3.63) is 48.7 Å². The van der Waals surface area contributed by atoms with Crippen LogP contribution in [0, 0.1) is 6.07 Å². The van der Waals surface area contributed by atoms with E-state index in [0.717, 1.165) is 11.1 Å². The Morgan fingerprint density at radius 1 is 1.14 bits per heavy atom. The predicted octanol–water partition coefficient (Wildman–Crippen LogP) is 2.56. The average molecular weight is 184 g/mol. The summed E-state index contributed by atoms with van der Waals surface area (Å²) >= 11 is 0. The third kappa shape index (κ3) is 1.74. The number of pyridine rings is 1. The number of rotatable bonds is 2. The van der Waals surface area contributed by atoms with E-state index in [9.17, 15) is 0 Å². The van der Waals surface area contributed by atoms with Crippen molar-refractivity contribution in [1.82, 2.24) is 4.98 Å². The maximum atomic E-state index is 5.06. The second-order valence-electron chi connectivity index (χ2n) is 2.88. The molecule has 2 aromatic rings. The molecule has 69 valence electrons. The zero-order valence-electron chi connectivity index (χ0n) is 7.90. The first kappa shape index (κ1) is 8.75. The molecule has 0 spiro atoms. The molecular formula is C12H10NO. The number of hydrogen-bond acceptors (Lipinski definition) is 2. The van der Waals surface area contributed by atoms with Crippen LogP contribution >= 0.6 is 0 Å². The number of nitrogens with zero attached hydrogens (tertiary/aromatic N) is 1. The lowest BCUT2D eigenvalue weighted by Gasteiger charge is -2.02. The third-order valence-electron chi connectivity index (χ3n) is 2.00. The summed E-state index contributed by atoms with van der Waals surface area (Å²) in [5.74, 6) is 0.635. The van der Waals surface area contributed by atoms with Gasteiger partial charge in [0.15, 0.2) is 0 Å². The lowest BCUT2D eigenvalue weighted by Crippen LogP contribution is -1.87. The Bertz CT molecular complexity index is 412. The molecule has 1 aromatic heterocycles. The summed E-state index contributed by atoms with van der Waals surface area (Å²) in [6.45, 7) is 0. The third-order valence-corrected chi connectivity index (χ3v) is 2.00. The van der Waals surface area contributed by atoms with Gasteiger partial charge in [0.2, 0.25) is 5.88 Å². The molecule has 0 saturated carbocycles. The van der Waals surface area contributed by atoms with Gasteiger partial charge in [-0.2, -0.15) is 0 Å². The van der Waals surface area contributed by atoms with Gasteiger partial charge in [0.1, 0.15) is 0 Å². The van der Waals surface area contributed by atoms with Gasteiger partial charge in [-0.25, -0.2) is 4.98 Å². The van der Waals surface area contributed by atoms with Crippen molar-refractivity contribution in [2.24, 2.45) is 0 Å². The van der Waals surface area contributed by atoms with Gasteiger partial charge in [0, 0.05) is 12.3 Å². The van der Waals surface area contributed by atoms with Crippen molar-refractivity contribution in [1.29, 1.82) is 0 Å². The van der Waals surface area contributed by atoms with Crippen LogP contribution in [0.1, 0.15) is 0 Å². The SMILES string of the molecule is COc1cc(-c2cc[c]cc2)ccn1. The van der Waals surface area contributed by atoms with Crippen molar-refractivity contribution < 1.29 is 4.74 Å². The summed E-state index contributed by atoms with van der Waals surface area (Å²) in [7, 11) is 1.62. The molecule has 0 aliphatic heterocycles. The second kappa shape index (κ2) is 3.92. The molecule has 0 atom stereocenters. The number of hydrogen-bond donors (Lipinski definition) is 0. The van der Waals surface area contributed by atoms with Crippen LogP contribution in [-0.2, 0) is 0 Å². The normalized spacial score (nSPS) is 9.79. The van der Waals surface area contributed by atoms with E-state index in [1.807, 2.05) is 36.4 Å². The fourth-order valence-corrected chi connectivity index (χ4v) is 1.28. The highest BCUT2D eigenvalue weighted by atomic mass is 16.5. The Labute approximate surface area is 83.2 Å². The van der Waals surface area contributed by atoms with Gasteiger partial charge in [0.05, 0.1) is 7.11 Å². The first-order chi connectivity index (χ1) is 6.90. The standard InChI is InChI=1S/C12H10NO/c1-14-12-9-11(7-8-13-12)10-5-3-2-4-6-10/h3-9H,1H3. The zero-order valence-corrected chi connectivity index (χ0v) is 7.90. The Hall–Kier alpha value is -1.83. The van der Waals surface area contributed by atoms with Crippen molar-refractivity contribution in [2.75, 3.05) is 7.11 Å². The lowest BCUT2D eigenvalue weighted by atomic mass is 10.1. The molecule has 1 radical (unpaired) electrons. The van der Waals surface area contributed by atoms with Gasteiger partial charge in [-0.3, -0.25) is 0 Å². The van der Waals surface area contributed by atoms with Gasteiger partial charge >= 0.3 is 0 Å². The summed E-state index contributed by atoms with van der Waals surface area (Å²) in [5.41, 5.74) is 2.25. The quantitative estimate of drug-likeness (QED) is 0.715. The van der Waals surface area contributed by atoms with Crippen LogP contribution in [0.5, 0.6) is 5.88 Å². The first-order valence-electron chi connectivity index (χ1n) is 4.36. The van der Waals surface area contributed by atoms with Gasteiger partial charge in [-0.05, 0) is 23.3 Å². The van der Waals surface area contributed by atoms with E-state index in [2.05, 4.69) is 11.1 Å². The molecule has 2 heteroatoms. The number of benzene rings is 1. The van der Waals surface area contributed by atoms with Crippen LogP contribution in [0.25, 0.3) is 11.1 Å². The highest BCUT2D eigenvalue weighted by Crippen LogP contribution is 2.20. The molecule has 0 bridgehead atoms. The first-order valence-corrected chi connectivity index (χ1v) is 4.36. The Kier molecular flexibility index (Phi) is 2.45. The van der Waals surface area contributed by atoms with E-state index < -0.39 is 0 Å². The molecule has 0 unspecified atom stereocenters. The highest BCUT2D eigenvalue weighted by molar-refractivity contribution is 5.63. The molecule has 0 aliphatic carbocycles. The minimum atomic E-state index is 0.635. The molecule has 1 aromatic carbocycles.